The molecule has 110 valence electrons. The summed E-state index contributed by atoms with van der Waals surface area (Å²) in [5.41, 5.74) is 2.24. The molecule has 4 heteroatoms. The molecule has 0 aliphatic carbocycles. The number of hydrogen-bond acceptors (Lipinski definition) is 3. The minimum atomic E-state index is -0.233. The van der Waals surface area contributed by atoms with Crippen molar-refractivity contribution < 1.29 is 14.3 Å². The zero-order valence-corrected chi connectivity index (χ0v) is 12.7. The van der Waals surface area contributed by atoms with E-state index in [4.69, 9.17) is 9.47 Å². The zero-order chi connectivity index (χ0) is 15.1. The molecule has 0 aromatic heterocycles. The molecule has 0 radical (unpaired) electrons. The Morgan fingerprint density at radius 2 is 1.95 bits per heavy atom. The van der Waals surface area contributed by atoms with Crippen LogP contribution in [0.25, 0.3) is 0 Å². The highest BCUT2D eigenvalue weighted by molar-refractivity contribution is 5.70. The molecular weight excluding hydrogens is 254 g/mol. The molecule has 0 bridgehead atoms. The van der Waals surface area contributed by atoms with Crippen LogP contribution in [0, 0.1) is 0 Å². The van der Waals surface area contributed by atoms with Crippen LogP contribution >= 0.6 is 0 Å². The van der Waals surface area contributed by atoms with Crippen molar-refractivity contribution in [1.82, 2.24) is 4.90 Å². The Labute approximate surface area is 121 Å². The molecule has 1 aromatic carbocycles. The van der Waals surface area contributed by atoms with E-state index in [2.05, 4.69) is 6.58 Å². The van der Waals surface area contributed by atoms with Crippen molar-refractivity contribution >= 4 is 6.09 Å². The lowest BCUT2D eigenvalue weighted by Gasteiger charge is -2.17. The van der Waals surface area contributed by atoms with Gasteiger partial charge in [-0.1, -0.05) is 17.7 Å². The van der Waals surface area contributed by atoms with Crippen LogP contribution in [0.2, 0.25) is 0 Å². The first-order valence-electron chi connectivity index (χ1n) is 6.62. The average Bonchev–Trinajstić information content (AvgIpc) is 2.71. The number of ether oxygens (including phenoxy) is 2. The van der Waals surface area contributed by atoms with E-state index in [0.29, 0.717) is 13.2 Å². The first-order chi connectivity index (χ1) is 9.43. The normalized spacial score (nSPS) is 17.1. The second kappa shape index (κ2) is 7.58. The largest absolute Gasteiger partial charge is 0.497 e. The first-order valence-corrected chi connectivity index (χ1v) is 6.62. The summed E-state index contributed by atoms with van der Waals surface area (Å²) in [6.07, 6.45) is -0.233. The van der Waals surface area contributed by atoms with Crippen LogP contribution in [0.5, 0.6) is 5.75 Å². The Kier molecular flexibility index (Phi) is 6.10. The van der Waals surface area contributed by atoms with Gasteiger partial charge in [0, 0.05) is 6.54 Å². The number of carbonyl (C=O) groups excluding carboxylic acids is 1. The van der Waals surface area contributed by atoms with Gasteiger partial charge in [0.1, 0.15) is 12.4 Å². The van der Waals surface area contributed by atoms with Gasteiger partial charge in [-0.15, -0.1) is 6.58 Å². The molecule has 4 nitrogen and oxygen atoms in total. The summed E-state index contributed by atoms with van der Waals surface area (Å²) in [4.78, 5) is 13.1. The van der Waals surface area contributed by atoms with Crippen molar-refractivity contribution in [2.75, 3.05) is 13.7 Å². The summed E-state index contributed by atoms with van der Waals surface area (Å²) in [5, 5.41) is 0. The molecule has 1 saturated heterocycles. The van der Waals surface area contributed by atoms with Crippen LogP contribution in [-0.2, 0) is 11.3 Å². The number of allylic oxidation sites excluding steroid dienone is 1. The van der Waals surface area contributed by atoms with Gasteiger partial charge in [-0.3, -0.25) is 4.90 Å². The molecule has 1 aliphatic heterocycles. The highest BCUT2D eigenvalue weighted by Crippen LogP contribution is 2.18. The van der Waals surface area contributed by atoms with E-state index in [9.17, 15) is 4.79 Å². The summed E-state index contributed by atoms with van der Waals surface area (Å²) in [7, 11) is 1.63. The predicted molar refractivity (Wildman–Crippen MR) is 79.8 cm³/mol. The van der Waals surface area contributed by atoms with Crippen molar-refractivity contribution in [1.29, 1.82) is 0 Å². The van der Waals surface area contributed by atoms with Gasteiger partial charge in [-0.2, -0.15) is 0 Å². The molecule has 20 heavy (non-hydrogen) atoms. The molecule has 1 amide bonds. The molecule has 1 atom stereocenters. The second-order valence-electron chi connectivity index (χ2n) is 5.11. The van der Waals surface area contributed by atoms with Crippen LogP contribution in [-0.4, -0.2) is 30.8 Å². The van der Waals surface area contributed by atoms with Crippen LogP contribution in [0.15, 0.2) is 36.4 Å². The summed E-state index contributed by atoms with van der Waals surface area (Å²) in [6, 6.07) is 7.84. The molecule has 1 unspecified atom stereocenters. The smallest absolute Gasteiger partial charge is 0.410 e. The van der Waals surface area contributed by atoms with Gasteiger partial charge in [0.15, 0.2) is 0 Å². The molecule has 0 spiro atoms. The Hall–Kier alpha value is -1.97. The number of rotatable bonds is 3. The van der Waals surface area contributed by atoms with Gasteiger partial charge in [0.05, 0.1) is 13.2 Å². The van der Waals surface area contributed by atoms with Crippen molar-refractivity contribution in [2.45, 2.75) is 33.4 Å². The summed E-state index contributed by atoms with van der Waals surface area (Å²) in [5.74, 6) is 0.820. The number of benzene rings is 1. The fraction of sp³-hybridized carbons (Fsp3) is 0.438. The van der Waals surface area contributed by atoms with E-state index < -0.39 is 0 Å². The third-order valence-electron chi connectivity index (χ3n) is 2.73. The Balaban J connectivity index is 0.000000444. The lowest BCUT2D eigenvalue weighted by molar-refractivity contribution is 0.156. The molecule has 2 rings (SSSR count). The Bertz CT molecular complexity index is 449. The third kappa shape index (κ3) is 4.96. The highest BCUT2D eigenvalue weighted by Gasteiger charge is 2.29. The molecule has 0 N–H and O–H groups in total. The molecule has 1 aliphatic rings. The van der Waals surface area contributed by atoms with E-state index in [1.165, 1.54) is 5.57 Å². The third-order valence-corrected chi connectivity index (χ3v) is 2.73. The fourth-order valence-electron chi connectivity index (χ4n) is 1.69. The summed E-state index contributed by atoms with van der Waals surface area (Å²) < 4.78 is 10.0. The van der Waals surface area contributed by atoms with Crippen LogP contribution < -0.4 is 4.74 Å². The van der Waals surface area contributed by atoms with Crippen molar-refractivity contribution in [3.63, 3.8) is 0 Å². The Morgan fingerprint density at radius 1 is 1.40 bits per heavy atom. The number of carbonyl (C=O) groups is 1. The number of nitrogens with zero attached hydrogens (tertiary/aromatic N) is 1. The van der Waals surface area contributed by atoms with Crippen molar-refractivity contribution in [3.8, 4) is 5.75 Å². The SMILES string of the molecule is C=C(C)C.COc1ccc(CN2C(=O)OCC2C)cc1. The fourth-order valence-corrected chi connectivity index (χ4v) is 1.69. The predicted octanol–water partition coefficient (Wildman–Crippen LogP) is 3.62. The second-order valence-corrected chi connectivity index (χ2v) is 5.11. The minimum Gasteiger partial charge on any atom is -0.497 e. The van der Waals surface area contributed by atoms with E-state index in [0.717, 1.165) is 11.3 Å². The van der Waals surface area contributed by atoms with Gasteiger partial charge in [0.2, 0.25) is 0 Å². The highest BCUT2D eigenvalue weighted by atomic mass is 16.6. The summed E-state index contributed by atoms with van der Waals surface area (Å²) in [6.45, 7) is 10.5. The number of methoxy groups -OCH3 is 1. The molecular formula is C16H23NO3. The van der Waals surface area contributed by atoms with Crippen LogP contribution in [0.4, 0.5) is 4.79 Å². The van der Waals surface area contributed by atoms with Crippen molar-refractivity contribution in [2.24, 2.45) is 0 Å². The van der Waals surface area contributed by atoms with Crippen LogP contribution in [0.1, 0.15) is 26.3 Å². The standard InChI is InChI=1S/C12H15NO3.C4H8/c1-9-8-16-12(14)13(9)7-10-3-5-11(15-2)6-4-10;1-4(2)3/h3-6,9H,7-8H2,1-2H3;1H2,2-3H3. The number of hydrogen-bond donors (Lipinski definition) is 0. The van der Waals surface area contributed by atoms with Crippen molar-refractivity contribution in [3.05, 3.63) is 42.0 Å². The van der Waals surface area contributed by atoms with E-state index >= 15 is 0 Å². The van der Waals surface area contributed by atoms with Gasteiger partial charge in [0.25, 0.3) is 0 Å². The van der Waals surface area contributed by atoms with E-state index in [1.54, 1.807) is 12.0 Å². The van der Waals surface area contributed by atoms with Gasteiger partial charge >= 0.3 is 6.09 Å². The lowest BCUT2D eigenvalue weighted by Crippen LogP contribution is -2.30. The maximum atomic E-state index is 11.4. The molecule has 0 saturated carbocycles. The van der Waals surface area contributed by atoms with Gasteiger partial charge in [-0.05, 0) is 38.5 Å². The topological polar surface area (TPSA) is 38.8 Å². The minimum absolute atomic E-state index is 0.148. The van der Waals surface area contributed by atoms with Gasteiger partial charge in [-0.25, -0.2) is 4.79 Å². The summed E-state index contributed by atoms with van der Waals surface area (Å²) >= 11 is 0. The number of cyclic esters (lactones) is 1. The van der Waals surface area contributed by atoms with E-state index in [1.807, 2.05) is 45.0 Å². The first kappa shape index (κ1) is 16.1. The zero-order valence-electron chi connectivity index (χ0n) is 12.7. The Morgan fingerprint density at radius 3 is 2.35 bits per heavy atom. The quantitative estimate of drug-likeness (QED) is 0.792. The molecule has 1 aromatic rings. The van der Waals surface area contributed by atoms with Gasteiger partial charge < -0.3 is 9.47 Å². The number of amides is 1. The lowest BCUT2D eigenvalue weighted by atomic mass is 10.2. The maximum absolute atomic E-state index is 11.4. The maximum Gasteiger partial charge on any atom is 0.410 e. The van der Waals surface area contributed by atoms with E-state index in [-0.39, 0.29) is 12.1 Å². The monoisotopic (exact) mass is 277 g/mol. The molecule has 1 fully saturated rings. The molecule has 1 heterocycles. The average molecular weight is 277 g/mol. The van der Waals surface area contributed by atoms with Crippen LogP contribution in [0.3, 0.4) is 0 Å².